The molecule has 0 atom stereocenters. The molecule has 1 fully saturated rings. The van der Waals surface area contributed by atoms with Crippen LogP contribution in [-0.2, 0) is 4.79 Å². The van der Waals surface area contributed by atoms with Gasteiger partial charge in [0.2, 0.25) is 5.91 Å². The van der Waals surface area contributed by atoms with Crippen LogP contribution >= 0.6 is 0 Å². The Kier molecular flexibility index (Phi) is 4.83. The zero-order valence-corrected chi connectivity index (χ0v) is 8.38. The summed E-state index contributed by atoms with van der Waals surface area (Å²) in [5.74, 6) is 0.470. The van der Waals surface area contributed by atoms with E-state index in [0.717, 1.165) is 45.3 Å². The van der Waals surface area contributed by atoms with E-state index in [1.54, 1.807) is 0 Å². The molecule has 0 saturated carbocycles. The molecule has 1 saturated heterocycles. The van der Waals surface area contributed by atoms with Gasteiger partial charge in [-0.2, -0.15) is 0 Å². The van der Waals surface area contributed by atoms with E-state index < -0.39 is 0 Å². The molecular formula is C10H19N2O. The maximum atomic E-state index is 11.5. The molecule has 0 unspecified atom stereocenters. The predicted molar refractivity (Wildman–Crippen MR) is 52.5 cm³/mol. The van der Waals surface area contributed by atoms with Gasteiger partial charge in [-0.1, -0.05) is 13.3 Å². The molecule has 1 amide bonds. The van der Waals surface area contributed by atoms with E-state index in [9.17, 15) is 4.79 Å². The summed E-state index contributed by atoms with van der Waals surface area (Å²) in [7, 11) is 0. The molecule has 3 heteroatoms. The first-order valence-corrected chi connectivity index (χ1v) is 5.25. The minimum absolute atomic E-state index is 0.231. The fourth-order valence-electron chi connectivity index (χ4n) is 1.55. The highest BCUT2D eigenvalue weighted by molar-refractivity contribution is 5.78. The Balaban J connectivity index is 2.13. The lowest BCUT2D eigenvalue weighted by atomic mass is 9.97. The highest BCUT2D eigenvalue weighted by Gasteiger charge is 2.20. The molecule has 0 aliphatic carbocycles. The second-order valence-corrected chi connectivity index (χ2v) is 3.59. The highest BCUT2D eigenvalue weighted by atomic mass is 16.1. The van der Waals surface area contributed by atoms with Crippen molar-refractivity contribution in [1.29, 1.82) is 0 Å². The number of carbonyl (C=O) groups excluding carboxylic acids is 1. The van der Waals surface area contributed by atoms with E-state index in [-0.39, 0.29) is 11.8 Å². The topological polar surface area (TPSA) is 43.2 Å². The first kappa shape index (κ1) is 10.5. The van der Waals surface area contributed by atoms with Gasteiger partial charge in [-0.25, -0.2) is 5.32 Å². The van der Waals surface area contributed by atoms with Gasteiger partial charge in [0.25, 0.3) is 0 Å². The fraction of sp³-hybridized carbons (Fsp3) is 0.900. The van der Waals surface area contributed by atoms with Crippen LogP contribution in [-0.4, -0.2) is 25.5 Å². The summed E-state index contributed by atoms with van der Waals surface area (Å²) in [5, 5.41) is 7.20. The van der Waals surface area contributed by atoms with Crippen molar-refractivity contribution in [2.45, 2.75) is 32.6 Å². The Hall–Kier alpha value is -0.570. The zero-order valence-electron chi connectivity index (χ0n) is 8.38. The van der Waals surface area contributed by atoms with Gasteiger partial charge < -0.3 is 5.32 Å². The summed E-state index contributed by atoms with van der Waals surface area (Å²) in [6, 6.07) is 0. The highest BCUT2D eigenvalue weighted by Crippen LogP contribution is 2.11. The SMILES string of the molecule is CCCCNC(=O)C1CC[N]CC1. The molecule has 0 aromatic carbocycles. The molecule has 0 aromatic heterocycles. The van der Waals surface area contributed by atoms with Gasteiger partial charge in [0.1, 0.15) is 0 Å². The van der Waals surface area contributed by atoms with Crippen molar-refractivity contribution in [1.82, 2.24) is 10.6 Å². The monoisotopic (exact) mass is 183 g/mol. The van der Waals surface area contributed by atoms with Gasteiger partial charge >= 0.3 is 0 Å². The van der Waals surface area contributed by atoms with Crippen LogP contribution in [0.15, 0.2) is 0 Å². The Bertz CT molecular complexity index is 153. The maximum Gasteiger partial charge on any atom is 0.223 e. The number of nitrogens with one attached hydrogen (secondary N) is 1. The van der Waals surface area contributed by atoms with Gasteiger partial charge in [-0.3, -0.25) is 4.79 Å². The number of unbranched alkanes of at least 4 members (excludes halogenated alkanes) is 1. The van der Waals surface area contributed by atoms with Crippen molar-refractivity contribution >= 4 is 5.91 Å². The van der Waals surface area contributed by atoms with Crippen molar-refractivity contribution in [3.8, 4) is 0 Å². The van der Waals surface area contributed by atoms with Gasteiger partial charge in [0.15, 0.2) is 0 Å². The molecule has 0 bridgehead atoms. The minimum atomic E-state index is 0.231. The van der Waals surface area contributed by atoms with Crippen molar-refractivity contribution in [3.05, 3.63) is 0 Å². The molecule has 3 nitrogen and oxygen atoms in total. The molecule has 1 N–H and O–H groups in total. The first-order valence-electron chi connectivity index (χ1n) is 5.25. The molecule has 1 radical (unpaired) electrons. The maximum absolute atomic E-state index is 11.5. The average Bonchev–Trinajstić information content (AvgIpc) is 2.19. The van der Waals surface area contributed by atoms with Gasteiger partial charge in [0.05, 0.1) is 0 Å². The lowest BCUT2D eigenvalue weighted by molar-refractivity contribution is -0.125. The number of rotatable bonds is 4. The van der Waals surface area contributed by atoms with Crippen LogP contribution in [0.25, 0.3) is 0 Å². The largest absolute Gasteiger partial charge is 0.356 e. The molecule has 0 spiro atoms. The van der Waals surface area contributed by atoms with Crippen molar-refractivity contribution in [2.24, 2.45) is 5.92 Å². The van der Waals surface area contributed by atoms with E-state index in [2.05, 4.69) is 17.6 Å². The number of amides is 1. The van der Waals surface area contributed by atoms with Gasteiger partial charge in [0, 0.05) is 25.6 Å². The van der Waals surface area contributed by atoms with Gasteiger partial charge in [-0.05, 0) is 19.3 Å². The third kappa shape index (κ3) is 3.77. The number of carbonyl (C=O) groups is 1. The van der Waals surface area contributed by atoms with E-state index in [1.165, 1.54) is 0 Å². The summed E-state index contributed by atoms with van der Waals surface area (Å²) in [6.07, 6.45) is 4.11. The average molecular weight is 183 g/mol. The molecule has 0 aromatic rings. The standard InChI is InChI=1S/C10H19N2O/c1-2-3-6-12-10(13)9-4-7-11-8-5-9/h9H,2-8H2,1H3,(H,12,13). The van der Waals surface area contributed by atoms with E-state index >= 15 is 0 Å². The van der Waals surface area contributed by atoms with Crippen LogP contribution in [0.4, 0.5) is 0 Å². The Labute approximate surface area is 80.3 Å². The van der Waals surface area contributed by atoms with E-state index in [4.69, 9.17) is 0 Å². The third-order valence-corrected chi connectivity index (χ3v) is 2.47. The van der Waals surface area contributed by atoms with Crippen LogP contribution in [0.5, 0.6) is 0 Å². The van der Waals surface area contributed by atoms with Crippen molar-refractivity contribution in [2.75, 3.05) is 19.6 Å². The molecule has 75 valence electrons. The number of hydrogen-bond donors (Lipinski definition) is 1. The smallest absolute Gasteiger partial charge is 0.223 e. The number of nitrogens with zero attached hydrogens (tertiary/aromatic N) is 1. The normalized spacial score (nSPS) is 18.5. The second kappa shape index (κ2) is 5.97. The number of piperidine rings is 1. The van der Waals surface area contributed by atoms with Crippen LogP contribution in [0.1, 0.15) is 32.6 Å². The summed E-state index contributed by atoms with van der Waals surface area (Å²) in [4.78, 5) is 11.5. The van der Waals surface area contributed by atoms with Crippen LogP contribution in [0, 0.1) is 5.92 Å². The van der Waals surface area contributed by atoms with E-state index in [0.29, 0.717) is 0 Å². The lowest BCUT2D eigenvalue weighted by Crippen LogP contribution is -2.36. The van der Waals surface area contributed by atoms with Gasteiger partial charge in [-0.15, -0.1) is 0 Å². The number of hydrogen-bond acceptors (Lipinski definition) is 1. The van der Waals surface area contributed by atoms with Crippen LogP contribution < -0.4 is 10.6 Å². The van der Waals surface area contributed by atoms with Crippen molar-refractivity contribution < 1.29 is 4.79 Å². The lowest BCUT2D eigenvalue weighted by Gasteiger charge is -2.20. The molecule has 1 aliphatic heterocycles. The molecule has 1 aliphatic rings. The van der Waals surface area contributed by atoms with Crippen molar-refractivity contribution in [3.63, 3.8) is 0 Å². The quantitative estimate of drug-likeness (QED) is 0.647. The third-order valence-electron chi connectivity index (χ3n) is 2.47. The summed E-state index contributed by atoms with van der Waals surface area (Å²) in [5.41, 5.74) is 0. The predicted octanol–water partition coefficient (Wildman–Crippen LogP) is 0.917. The fourth-order valence-corrected chi connectivity index (χ4v) is 1.55. The zero-order chi connectivity index (χ0) is 9.52. The first-order chi connectivity index (χ1) is 6.34. The summed E-state index contributed by atoms with van der Waals surface area (Å²) >= 11 is 0. The summed E-state index contributed by atoms with van der Waals surface area (Å²) < 4.78 is 0. The minimum Gasteiger partial charge on any atom is -0.356 e. The van der Waals surface area contributed by atoms with Crippen LogP contribution in [0.2, 0.25) is 0 Å². The second-order valence-electron chi connectivity index (χ2n) is 3.59. The Morgan fingerprint density at radius 3 is 2.77 bits per heavy atom. The molecule has 1 heterocycles. The Morgan fingerprint density at radius 2 is 2.15 bits per heavy atom. The molecular weight excluding hydrogens is 164 g/mol. The molecule has 13 heavy (non-hydrogen) atoms. The summed E-state index contributed by atoms with van der Waals surface area (Å²) in [6.45, 7) is 4.70. The van der Waals surface area contributed by atoms with E-state index in [1.807, 2.05) is 0 Å². The Morgan fingerprint density at radius 1 is 1.46 bits per heavy atom. The van der Waals surface area contributed by atoms with Crippen LogP contribution in [0.3, 0.4) is 0 Å². The molecule has 1 rings (SSSR count).